The van der Waals surface area contributed by atoms with Gasteiger partial charge in [-0.05, 0) is 35.4 Å². The number of pyridine rings is 1. The maximum absolute atomic E-state index is 12.5. The van der Waals surface area contributed by atoms with Gasteiger partial charge in [0.25, 0.3) is 5.91 Å². The van der Waals surface area contributed by atoms with E-state index in [1.165, 1.54) is 0 Å². The number of fused-ring (bicyclic) bond motifs is 1. The molecule has 1 N–H and O–H groups in total. The minimum atomic E-state index is -0.132. The molecule has 0 bridgehead atoms. The van der Waals surface area contributed by atoms with Crippen LogP contribution in [0.25, 0.3) is 16.8 Å². The number of amides is 1. The van der Waals surface area contributed by atoms with Crippen molar-refractivity contribution in [2.75, 3.05) is 5.32 Å². The van der Waals surface area contributed by atoms with Crippen molar-refractivity contribution in [3.63, 3.8) is 0 Å². The first-order valence-electron chi connectivity index (χ1n) is 7.69. The molecule has 0 saturated heterocycles. The van der Waals surface area contributed by atoms with Gasteiger partial charge in [0, 0.05) is 24.2 Å². The van der Waals surface area contributed by atoms with Gasteiger partial charge in [0.15, 0.2) is 0 Å². The molecule has 116 valence electrons. The molecule has 2 heterocycles. The first kappa shape index (κ1) is 14.2. The zero-order valence-electron chi connectivity index (χ0n) is 12.9. The number of carbonyl (C=O) groups is 1. The Morgan fingerprint density at radius 1 is 0.917 bits per heavy atom. The van der Waals surface area contributed by atoms with E-state index in [2.05, 4.69) is 10.3 Å². The van der Waals surface area contributed by atoms with Crippen LogP contribution in [0.4, 0.5) is 5.69 Å². The maximum atomic E-state index is 12.5. The predicted octanol–water partition coefficient (Wildman–Crippen LogP) is 4.25. The van der Waals surface area contributed by atoms with Crippen molar-refractivity contribution in [2.45, 2.75) is 0 Å². The number of nitrogens with one attached hydrogen (secondary N) is 1. The largest absolute Gasteiger partial charge is 0.321 e. The second-order valence-corrected chi connectivity index (χ2v) is 5.51. The number of nitrogens with zero attached hydrogens (tertiary/aromatic N) is 2. The van der Waals surface area contributed by atoms with Crippen LogP contribution in [-0.4, -0.2) is 15.3 Å². The van der Waals surface area contributed by atoms with E-state index in [9.17, 15) is 4.79 Å². The average Bonchev–Trinajstić information content (AvgIpc) is 3.10. The molecule has 2 aromatic heterocycles. The molecule has 4 nitrogen and oxygen atoms in total. The molecule has 0 saturated carbocycles. The normalized spacial score (nSPS) is 10.7. The van der Waals surface area contributed by atoms with E-state index >= 15 is 0 Å². The van der Waals surface area contributed by atoms with Gasteiger partial charge in [-0.3, -0.25) is 4.79 Å². The van der Waals surface area contributed by atoms with Crippen molar-refractivity contribution in [1.29, 1.82) is 0 Å². The van der Waals surface area contributed by atoms with E-state index in [1.807, 2.05) is 83.5 Å². The van der Waals surface area contributed by atoms with Gasteiger partial charge in [0.05, 0.1) is 5.69 Å². The number of benzene rings is 2. The second kappa shape index (κ2) is 6.01. The molecule has 0 atom stereocenters. The van der Waals surface area contributed by atoms with Gasteiger partial charge in [-0.15, -0.1) is 0 Å². The highest BCUT2D eigenvalue weighted by molar-refractivity contribution is 6.04. The lowest BCUT2D eigenvalue weighted by Gasteiger charge is -2.08. The van der Waals surface area contributed by atoms with Crippen LogP contribution in [-0.2, 0) is 0 Å². The molecule has 4 aromatic rings. The summed E-state index contributed by atoms with van der Waals surface area (Å²) < 4.78 is 1.87. The van der Waals surface area contributed by atoms with Crippen molar-refractivity contribution >= 4 is 17.2 Å². The van der Waals surface area contributed by atoms with Gasteiger partial charge in [-0.1, -0.05) is 42.5 Å². The summed E-state index contributed by atoms with van der Waals surface area (Å²) in [5, 5.41) is 2.93. The first-order valence-corrected chi connectivity index (χ1v) is 7.69. The lowest BCUT2D eigenvalue weighted by atomic mass is 10.0. The van der Waals surface area contributed by atoms with E-state index in [1.54, 1.807) is 6.20 Å². The number of hydrogen-bond donors (Lipinski definition) is 1. The predicted molar refractivity (Wildman–Crippen MR) is 95.0 cm³/mol. The van der Waals surface area contributed by atoms with Crippen molar-refractivity contribution in [3.8, 4) is 11.1 Å². The fourth-order valence-corrected chi connectivity index (χ4v) is 2.67. The van der Waals surface area contributed by atoms with E-state index in [0.717, 1.165) is 22.5 Å². The molecule has 0 spiro atoms. The zero-order valence-corrected chi connectivity index (χ0v) is 12.9. The molecule has 4 rings (SSSR count). The van der Waals surface area contributed by atoms with Gasteiger partial charge >= 0.3 is 0 Å². The molecule has 0 aliphatic carbocycles. The molecule has 4 heteroatoms. The molecular formula is C20H15N3O. The first-order chi connectivity index (χ1) is 11.8. The van der Waals surface area contributed by atoms with Crippen LogP contribution < -0.4 is 5.32 Å². The van der Waals surface area contributed by atoms with Crippen molar-refractivity contribution < 1.29 is 4.79 Å². The maximum Gasteiger partial charge on any atom is 0.255 e. The van der Waals surface area contributed by atoms with Gasteiger partial charge in [-0.25, -0.2) is 4.98 Å². The highest BCUT2D eigenvalue weighted by Gasteiger charge is 2.08. The molecule has 1 amide bonds. The van der Waals surface area contributed by atoms with Crippen LogP contribution in [0.5, 0.6) is 0 Å². The molecule has 0 fully saturated rings. The van der Waals surface area contributed by atoms with Crippen LogP contribution in [0.1, 0.15) is 10.4 Å². The quantitative estimate of drug-likeness (QED) is 0.614. The summed E-state index contributed by atoms with van der Waals surface area (Å²) in [5.41, 5.74) is 4.32. The van der Waals surface area contributed by atoms with Crippen molar-refractivity contribution in [1.82, 2.24) is 9.38 Å². The van der Waals surface area contributed by atoms with E-state index in [-0.39, 0.29) is 5.91 Å². The Balaban J connectivity index is 1.60. The minimum absolute atomic E-state index is 0.132. The third-order valence-corrected chi connectivity index (χ3v) is 3.88. The lowest BCUT2D eigenvalue weighted by molar-refractivity contribution is 0.102. The Morgan fingerprint density at radius 3 is 2.62 bits per heavy atom. The number of imidazole rings is 1. The Hall–Kier alpha value is -3.40. The molecule has 0 unspecified atom stereocenters. The van der Waals surface area contributed by atoms with Gasteiger partial charge < -0.3 is 9.72 Å². The topological polar surface area (TPSA) is 46.4 Å². The highest BCUT2D eigenvalue weighted by Crippen LogP contribution is 2.20. The van der Waals surface area contributed by atoms with Gasteiger partial charge in [0.1, 0.15) is 5.65 Å². The van der Waals surface area contributed by atoms with Crippen LogP contribution >= 0.6 is 0 Å². The Morgan fingerprint density at radius 2 is 1.75 bits per heavy atom. The average molecular weight is 313 g/mol. The molecular weight excluding hydrogens is 298 g/mol. The van der Waals surface area contributed by atoms with E-state index < -0.39 is 0 Å². The zero-order chi connectivity index (χ0) is 16.4. The number of aromatic nitrogens is 2. The minimum Gasteiger partial charge on any atom is -0.321 e. The van der Waals surface area contributed by atoms with Crippen LogP contribution in [0.15, 0.2) is 85.3 Å². The van der Waals surface area contributed by atoms with Crippen LogP contribution in [0.2, 0.25) is 0 Å². The molecule has 0 radical (unpaired) electrons. The van der Waals surface area contributed by atoms with E-state index in [0.29, 0.717) is 5.56 Å². The highest BCUT2D eigenvalue weighted by atomic mass is 16.1. The lowest BCUT2D eigenvalue weighted by Crippen LogP contribution is -2.12. The summed E-state index contributed by atoms with van der Waals surface area (Å²) in [4.78, 5) is 16.7. The standard InChI is InChI=1S/C20H15N3O/c24-20(22-18-9-10-19-21-11-12-23(19)14-18)17-8-4-7-16(13-17)15-5-2-1-3-6-15/h1-14H,(H,22,24). The third-order valence-electron chi connectivity index (χ3n) is 3.88. The monoisotopic (exact) mass is 313 g/mol. The SMILES string of the molecule is O=C(Nc1ccc2nccn2c1)c1cccc(-c2ccccc2)c1. The summed E-state index contributed by atoms with van der Waals surface area (Å²) in [6.45, 7) is 0. The van der Waals surface area contributed by atoms with E-state index in [4.69, 9.17) is 0 Å². The van der Waals surface area contributed by atoms with Crippen molar-refractivity contribution in [2.24, 2.45) is 0 Å². The number of rotatable bonds is 3. The fourth-order valence-electron chi connectivity index (χ4n) is 2.67. The Bertz CT molecular complexity index is 1010. The van der Waals surface area contributed by atoms with Gasteiger partial charge in [0.2, 0.25) is 0 Å². The second-order valence-electron chi connectivity index (χ2n) is 5.51. The van der Waals surface area contributed by atoms with Gasteiger partial charge in [-0.2, -0.15) is 0 Å². The summed E-state index contributed by atoms with van der Waals surface area (Å²) in [6.07, 6.45) is 5.42. The Labute approximate surface area is 139 Å². The summed E-state index contributed by atoms with van der Waals surface area (Å²) in [7, 11) is 0. The molecule has 24 heavy (non-hydrogen) atoms. The number of carbonyl (C=O) groups excluding carboxylic acids is 1. The smallest absolute Gasteiger partial charge is 0.255 e. The molecule has 0 aliphatic heterocycles. The summed E-state index contributed by atoms with van der Waals surface area (Å²) in [6, 6.07) is 21.4. The fraction of sp³-hybridized carbons (Fsp3) is 0. The number of anilines is 1. The van der Waals surface area contributed by atoms with Crippen LogP contribution in [0.3, 0.4) is 0 Å². The number of hydrogen-bond acceptors (Lipinski definition) is 2. The Kier molecular flexibility index (Phi) is 3.56. The van der Waals surface area contributed by atoms with Crippen molar-refractivity contribution in [3.05, 3.63) is 90.9 Å². The molecule has 2 aromatic carbocycles. The molecule has 0 aliphatic rings. The summed E-state index contributed by atoms with van der Waals surface area (Å²) >= 11 is 0. The van der Waals surface area contributed by atoms with Crippen LogP contribution in [0, 0.1) is 0 Å². The summed E-state index contributed by atoms with van der Waals surface area (Å²) in [5.74, 6) is -0.132. The third kappa shape index (κ3) is 2.77.